The summed E-state index contributed by atoms with van der Waals surface area (Å²) in [6.07, 6.45) is 0. The second-order valence-electron chi connectivity index (χ2n) is 6.56. The molecule has 1 fully saturated rings. The maximum absolute atomic E-state index is 12.1. The van der Waals surface area contributed by atoms with Gasteiger partial charge < -0.3 is 19.9 Å². The standard InChI is InChI=1S/C21H23ClN4O2/c1-2-25-9-11-26(12-10-25)18-6-4-17(5-7-18)24-21(27)15-28-20-8-3-16(14-23)13-19(20)22/h3-8,13H,2,9-12,15H2,1H3,(H,24,27). The first-order chi connectivity index (χ1) is 13.6. The third-order valence-electron chi connectivity index (χ3n) is 4.76. The second-order valence-corrected chi connectivity index (χ2v) is 6.97. The first-order valence-corrected chi connectivity index (χ1v) is 9.66. The molecule has 0 radical (unpaired) electrons. The van der Waals surface area contributed by atoms with E-state index < -0.39 is 0 Å². The first kappa shape index (κ1) is 20.0. The van der Waals surface area contributed by atoms with Gasteiger partial charge in [-0.2, -0.15) is 5.26 Å². The minimum Gasteiger partial charge on any atom is -0.482 e. The zero-order chi connectivity index (χ0) is 19.9. The zero-order valence-corrected chi connectivity index (χ0v) is 16.6. The highest BCUT2D eigenvalue weighted by molar-refractivity contribution is 6.32. The van der Waals surface area contributed by atoms with Gasteiger partial charge in [-0.15, -0.1) is 0 Å². The van der Waals surface area contributed by atoms with Gasteiger partial charge in [0.15, 0.2) is 6.61 Å². The minimum atomic E-state index is -0.273. The summed E-state index contributed by atoms with van der Waals surface area (Å²) in [5.74, 6) is 0.0992. The van der Waals surface area contributed by atoms with Crippen LogP contribution >= 0.6 is 11.6 Å². The van der Waals surface area contributed by atoms with Crippen molar-refractivity contribution in [1.29, 1.82) is 5.26 Å². The topological polar surface area (TPSA) is 68.6 Å². The highest BCUT2D eigenvalue weighted by Gasteiger charge is 2.15. The van der Waals surface area contributed by atoms with Gasteiger partial charge in [-0.3, -0.25) is 4.79 Å². The van der Waals surface area contributed by atoms with Gasteiger partial charge in [-0.1, -0.05) is 18.5 Å². The van der Waals surface area contributed by atoms with Crippen molar-refractivity contribution in [2.45, 2.75) is 6.92 Å². The average molecular weight is 399 g/mol. The van der Waals surface area contributed by atoms with Crippen molar-refractivity contribution in [2.24, 2.45) is 0 Å². The van der Waals surface area contributed by atoms with E-state index in [2.05, 4.69) is 22.0 Å². The smallest absolute Gasteiger partial charge is 0.262 e. The third kappa shape index (κ3) is 5.16. The number of amides is 1. The minimum absolute atomic E-state index is 0.160. The quantitative estimate of drug-likeness (QED) is 0.807. The Morgan fingerprint density at radius 3 is 2.50 bits per heavy atom. The summed E-state index contributed by atoms with van der Waals surface area (Å²) in [5, 5.41) is 12.0. The molecule has 0 aromatic heterocycles. The van der Waals surface area contributed by atoms with E-state index in [-0.39, 0.29) is 12.5 Å². The molecule has 1 aliphatic heterocycles. The van der Waals surface area contributed by atoms with Crippen LogP contribution < -0.4 is 15.0 Å². The van der Waals surface area contributed by atoms with E-state index in [1.54, 1.807) is 12.1 Å². The fraction of sp³-hybridized carbons (Fsp3) is 0.333. The van der Waals surface area contributed by atoms with Gasteiger partial charge in [0.1, 0.15) is 5.75 Å². The Kier molecular flexibility index (Phi) is 6.75. The van der Waals surface area contributed by atoms with Crippen LogP contribution in [0.1, 0.15) is 12.5 Å². The monoisotopic (exact) mass is 398 g/mol. The molecule has 2 aromatic rings. The number of nitrogens with one attached hydrogen (secondary N) is 1. The highest BCUT2D eigenvalue weighted by atomic mass is 35.5. The molecule has 2 aromatic carbocycles. The summed E-state index contributed by atoms with van der Waals surface area (Å²) >= 11 is 6.05. The van der Waals surface area contributed by atoms with Gasteiger partial charge in [0.25, 0.3) is 5.91 Å². The van der Waals surface area contributed by atoms with E-state index in [0.717, 1.165) is 44.1 Å². The molecule has 1 aliphatic rings. The molecule has 1 heterocycles. The number of anilines is 2. The Hall–Kier alpha value is -2.75. The lowest BCUT2D eigenvalue weighted by atomic mass is 10.2. The summed E-state index contributed by atoms with van der Waals surface area (Å²) < 4.78 is 5.44. The molecule has 0 atom stereocenters. The van der Waals surface area contributed by atoms with Gasteiger partial charge in [-0.05, 0) is 49.0 Å². The lowest BCUT2D eigenvalue weighted by molar-refractivity contribution is -0.118. The number of carbonyl (C=O) groups excluding carboxylic acids is 1. The van der Waals surface area contributed by atoms with Crippen LogP contribution in [0.4, 0.5) is 11.4 Å². The molecule has 3 rings (SSSR count). The van der Waals surface area contributed by atoms with Crippen LogP contribution in [-0.2, 0) is 4.79 Å². The Labute approximate surface area is 170 Å². The van der Waals surface area contributed by atoms with E-state index in [4.69, 9.17) is 21.6 Å². The molecular formula is C21H23ClN4O2. The molecule has 28 heavy (non-hydrogen) atoms. The fourth-order valence-corrected chi connectivity index (χ4v) is 3.34. The number of carbonyl (C=O) groups is 1. The van der Waals surface area contributed by atoms with Crippen LogP contribution in [0.2, 0.25) is 5.02 Å². The van der Waals surface area contributed by atoms with Crippen molar-refractivity contribution < 1.29 is 9.53 Å². The summed E-state index contributed by atoms with van der Waals surface area (Å²) in [6.45, 7) is 7.29. The number of likely N-dealkylation sites (N-methyl/N-ethyl adjacent to an activating group) is 1. The average Bonchev–Trinajstić information content (AvgIpc) is 2.73. The van der Waals surface area contributed by atoms with Crippen LogP contribution in [0.5, 0.6) is 5.75 Å². The van der Waals surface area contributed by atoms with Gasteiger partial charge in [0.2, 0.25) is 0 Å². The molecule has 0 bridgehead atoms. The van der Waals surface area contributed by atoms with Gasteiger partial charge in [0.05, 0.1) is 16.7 Å². The number of nitrogens with zero attached hydrogens (tertiary/aromatic N) is 3. The Bertz CT molecular complexity index is 856. The lowest BCUT2D eigenvalue weighted by Crippen LogP contribution is -2.46. The normalized spacial score (nSPS) is 14.4. The Morgan fingerprint density at radius 2 is 1.89 bits per heavy atom. The summed E-state index contributed by atoms with van der Waals surface area (Å²) in [5.41, 5.74) is 2.32. The number of rotatable bonds is 6. The molecule has 6 nitrogen and oxygen atoms in total. The van der Waals surface area contributed by atoms with Crippen LogP contribution in [-0.4, -0.2) is 50.1 Å². The second kappa shape index (κ2) is 9.45. The molecule has 0 aliphatic carbocycles. The first-order valence-electron chi connectivity index (χ1n) is 9.28. The number of piperazine rings is 1. The van der Waals surface area contributed by atoms with E-state index in [9.17, 15) is 4.79 Å². The van der Waals surface area contributed by atoms with Crippen molar-refractivity contribution in [3.63, 3.8) is 0 Å². The van der Waals surface area contributed by atoms with E-state index in [1.807, 2.05) is 30.3 Å². The number of benzene rings is 2. The number of hydrogen-bond acceptors (Lipinski definition) is 5. The maximum Gasteiger partial charge on any atom is 0.262 e. The van der Waals surface area contributed by atoms with Crippen molar-refractivity contribution in [3.05, 3.63) is 53.1 Å². The van der Waals surface area contributed by atoms with Gasteiger partial charge >= 0.3 is 0 Å². The van der Waals surface area contributed by atoms with Crippen molar-refractivity contribution in [2.75, 3.05) is 49.5 Å². The predicted molar refractivity (Wildman–Crippen MR) is 111 cm³/mol. The Balaban J connectivity index is 1.50. The third-order valence-corrected chi connectivity index (χ3v) is 5.05. The molecule has 1 saturated heterocycles. The fourth-order valence-electron chi connectivity index (χ4n) is 3.11. The van der Waals surface area contributed by atoms with Crippen LogP contribution in [0.3, 0.4) is 0 Å². The SMILES string of the molecule is CCN1CCN(c2ccc(NC(=O)COc3ccc(C#N)cc3Cl)cc2)CC1. The number of hydrogen-bond donors (Lipinski definition) is 1. The zero-order valence-electron chi connectivity index (χ0n) is 15.8. The summed E-state index contributed by atoms with van der Waals surface area (Å²) in [4.78, 5) is 16.9. The predicted octanol–water partition coefficient (Wildman–Crippen LogP) is 3.37. The molecular weight excluding hydrogens is 376 g/mol. The van der Waals surface area contributed by atoms with Gasteiger partial charge in [-0.25, -0.2) is 0 Å². The lowest BCUT2D eigenvalue weighted by Gasteiger charge is -2.35. The van der Waals surface area contributed by atoms with Gasteiger partial charge in [0, 0.05) is 37.6 Å². The molecule has 0 spiro atoms. The van der Waals surface area contributed by atoms with Crippen molar-refractivity contribution in [3.8, 4) is 11.8 Å². The van der Waals surface area contributed by atoms with Crippen LogP contribution in [0.25, 0.3) is 0 Å². The Morgan fingerprint density at radius 1 is 1.18 bits per heavy atom. The molecule has 0 unspecified atom stereocenters. The molecule has 1 amide bonds. The van der Waals surface area contributed by atoms with E-state index in [1.165, 1.54) is 6.07 Å². The summed E-state index contributed by atoms with van der Waals surface area (Å²) in [6, 6.07) is 14.5. The van der Waals surface area contributed by atoms with E-state index in [0.29, 0.717) is 16.3 Å². The number of ether oxygens (including phenoxy) is 1. The van der Waals surface area contributed by atoms with Crippen molar-refractivity contribution >= 4 is 28.9 Å². The largest absolute Gasteiger partial charge is 0.482 e. The summed E-state index contributed by atoms with van der Waals surface area (Å²) in [7, 11) is 0. The number of nitriles is 1. The number of halogens is 1. The molecule has 146 valence electrons. The molecule has 0 saturated carbocycles. The van der Waals surface area contributed by atoms with E-state index >= 15 is 0 Å². The molecule has 7 heteroatoms. The maximum atomic E-state index is 12.1. The molecule has 1 N–H and O–H groups in total. The van der Waals surface area contributed by atoms with Crippen LogP contribution in [0, 0.1) is 11.3 Å². The highest BCUT2D eigenvalue weighted by Crippen LogP contribution is 2.25. The van der Waals surface area contributed by atoms with Crippen LogP contribution in [0.15, 0.2) is 42.5 Å². The van der Waals surface area contributed by atoms with Crippen molar-refractivity contribution in [1.82, 2.24) is 4.90 Å².